The summed E-state index contributed by atoms with van der Waals surface area (Å²) in [5.74, 6) is 0. The van der Waals surface area contributed by atoms with Crippen molar-refractivity contribution < 1.29 is 5.11 Å². The van der Waals surface area contributed by atoms with Gasteiger partial charge in [0.15, 0.2) is 0 Å². The van der Waals surface area contributed by atoms with E-state index in [1.54, 1.807) is 0 Å². The lowest BCUT2D eigenvalue weighted by Gasteiger charge is -2.13. The Labute approximate surface area is 122 Å². The lowest BCUT2D eigenvalue weighted by Crippen LogP contribution is -2.03. The molecule has 2 rings (SSSR count). The van der Waals surface area contributed by atoms with Gasteiger partial charge in [0, 0.05) is 15.7 Å². The number of nitrogens with two attached hydrogens (primary N) is 1. The van der Waals surface area contributed by atoms with Crippen molar-refractivity contribution in [2.45, 2.75) is 25.4 Å². The standard InChI is InChI=1S/C16H18BrNO/c17-13-9-10-15(18)14(11-13)16(19)8-4-7-12-5-2-1-3-6-12/h1-3,5-6,9-11,16,19H,4,7-8,18H2. The molecule has 0 aromatic heterocycles. The average Bonchev–Trinajstić information content (AvgIpc) is 2.42. The van der Waals surface area contributed by atoms with Gasteiger partial charge in [0.2, 0.25) is 0 Å². The molecule has 0 fully saturated rings. The Morgan fingerprint density at radius 3 is 2.58 bits per heavy atom. The van der Waals surface area contributed by atoms with E-state index in [0.29, 0.717) is 5.69 Å². The van der Waals surface area contributed by atoms with Crippen LogP contribution in [0.15, 0.2) is 53.0 Å². The van der Waals surface area contributed by atoms with Crippen LogP contribution in [0, 0.1) is 0 Å². The molecular weight excluding hydrogens is 302 g/mol. The number of aliphatic hydroxyl groups excluding tert-OH is 1. The molecule has 3 heteroatoms. The van der Waals surface area contributed by atoms with Crippen molar-refractivity contribution in [1.29, 1.82) is 0 Å². The van der Waals surface area contributed by atoms with Crippen molar-refractivity contribution in [2.75, 3.05) is 5.73 Å². The van der Waals surface area contributed by atoms with Crippen LogP contribution in [-0.2, 0) is 6.42 Å². The maximum absolute atomic E-state index is 10.2. The van der Waals surface area contributed by atoms with E-state index in [2.05, 4.69) is 28.1 Å². The molecule has 0 aliphatic heterocycles. The normalized spacial score (nSPS) is 12.3. The topological polar surface area (TPSA) is 46.2 Å². The van der Waals surface area contributed by atoms with Crippen molar-refractivity contribution in [3.8, 4) is 0 Å². The molecule has 100 valence electrons. The van der Waals surface area contributed by atoms with Gasteiger partial charge in [-0.1, -0.05) is 46.3 Å². The Kier molecular flexibility index (Phi) is 5.00. The molecule has 0 spiro atoms. The zero-order chi connectivity index (χ0) is 13.7. The second kappa shape index (κ2) is 6.73. The molecule has 19 heavy (non-hydrogen) atoms. The molecule has 2 nitrogen and oxygen atoms in total. The predicted octanol–water partition coefficient (Wildman–Crippen LogP) is 4.09. The van der Waals surface area contributed by atoms with Crippen molar-refractivity contribution >= 4 is 21.6 Å². The molecule has 0 saturated heterocycles. The molecule has 0 saturated carbocycles. The number of halogens is 1. The Morgan fingerprint density at radius 1 is 1.11 bits per heavy atom. The lowest BCUT2D eigenvalue weighted by atomic mass is 10.0. The second-order valence-corrected chi connectivity index (χ2v) is 5.58. The molecular formula is C16H18BrNO. The summed E-state index contributed by atoms with van der Waals surface area (Å²) >= 11 is 3.40. The summed E-state index contributed by atoms with van der Waals surface area (Å²) in [6.45, 7) is 0. The van der Waals surface area contributed by atoms with Gasteiger partial charge in [-0.2, -0.15) is 0 Å². The number of nitrogen functional groups attached to an aromatic ring is 1. The predicted molar refractivity (Wildman–Crippen MR) is 82.9 cm³/mol. The fourth-order valence-electron chi connectivity index (χ4n) is 2.13. The van der Waals surface area contributed by atoms with E-state index < -0.39 is 6.10 Å². The van der Waals surface area contributed by atoms with E-state index in [9.17, 15) is 5.11 Å². The highest BCUT2D eigenvalue weighted by Gasteiger charge is 2.11. The highest BCUT2D eigenvalue weighted by Crippen LogP contribution is 2.27. The fourth-order valence-corrected chi connectivity index (χ4v) is 2.51. The molecule has 0 radical (unpaired) electrons. The molecule has 3 N–H and O–H groups in total. The number of hydrogen-bond donors (Lipinski definition) is 2. The molecule has 0 aliphatic carbocycles. The average molecular weight is 320 g/mol. The quantitative estimate of drug-likeness (QED) is 0.815. The number of rotatable bonds is 5. The number of aliphatic hydroxyl groups is 1. The first kappa shape index (κ1) is 14.1. The number of aryl methyl sites for hydroxylation is 1. The van der Waals surface area contributed by atoms with Crippen molar-refractivity contribution in [3.05, 3.63) is 64.1 Å². The van der Waals surface area contributed by atoms with Crippen LogP contribution in [0.25, 0.3) is 0 Å². The smallest absolute Gasteiger partial charge is 0.0810 e. The summed E-state index contributed by atoms with van der Waals surface area (Å²) in [5.41, 5.74) is 8.65. The van der Waals surface area contributed by atoms with Crippen LogP contribution in [0.1, 0.15) is 30.1 Å². The van der Waals surface area contributed by atoms with Gasteiger partial charge < -0.3 is 10.8 Å². The Bertz CT molecular complexity index is 528. The van der Waals surface area contributed by atoms with Gasteiger partial charge in [-0.3, -0.25) is 0 Å². The number of hydrogen-bond acceptors (Lipinski definition) is 2. The number of anilines is 1. The van der Waals surface area contributed by atoms with Crippen LogP contribution in [0.3, 0.4) is 0 Å². The van der Waals surface area contributed by atoms with Crippen LogP contribution in [0.2, 0.25) is 0 Å². The zero-order valence-corrected chi connectivity index (χ0v) is 12.3. The summed E-state index contributed by atoms with van der Waals surface area (Å²) in [7, 11) is 0. The first-order valence-corrected chi connectivity index (χ1v) is 7.23. The fraction of sp³-hybridized carbons (Fsp3) is 0.250. The van der Waals surface area contributed by atoms with E-state index in [1.807, 2.05) is 36.4 Å². The monoisotopic (exact) mass is 319 g/mol. The molecule has 1 unspecified atom stereocenters. The maximum Gasteiger partial charge on any atom is 0.0810 e. The van der Waals surface area contributed by atoms with Crippen LogP contribution in [-0.4, -0.2) is 5.11 Å². The van der Waals surface area contributed by atoms with E-state index >= 15 is 0 Å². The summed E-state index contributed by atoms with van der Waals surface area (Å²) in [6.07, 6.45) is 2.14. The van der Waals surface area contributed by atoms with Gasteiger partial charge in [0.1, 0.15) is 0 Å². The zero-order valence-electron chi connectivity index (χ0n) is 10.7. The van der Waals surface area contributed by atoms with Crippen molar-refractivity contribution in [3.63, 3.8) is 0 Å². The largest absolute Gasteiger partial charge is 0.398 e. The third kappa shape index (κ3) is 4.08. The second-order valence-electron chi connectivity index (χ2n) is 4.67. The first-order valence-electron chi connectivity index (χ1n) is 6.44. The first-order chi connectivity index (χ1) is 9.16. The molecule has 1 atom stereocenters. The summed E-state index contributed by atoms with van der Waals surface area (Å²) < 4.78 is 0.943. The minimum absolute atomic E-state index is 0.499. The Morgan fingerprint density at radius 2 is 1.84 bits per heavy atom. The summed E-state index contributed by atoms with van der Waals surface area (Å²) in [5, 5.41) is 10.2. The highest BCUT2D eigenvalue weighted by molar-refractivity contribution is 9.10. The van der Waals surface area contributed by atoms with E-state index in [0.717, 1.165) is 29.3 Å². The molecule has 2 aromatic carbocycles. The van der Waals surface area contributed by atoms with Gasteiger partial charge in [0.05, 0.1) is 6.10 Å². The van der Waals surface area contributed by atoms with Gasteiger partial charge >= 0.3 is 0 Å². The molecule has 0 bridgehead atoms. The SMILES string of the molecule is Nc1ccc(Br)cc1C(O)CCCc1ccccc1. The summed E-state index contributed by atoms with van der Waals surface area (Å²) in [4.78, 5) is 0. The molecule has 0 heterocycles. The summed E-state index contributed by atoms with van der Waals surface area (Å²) in [6, 6.07) is 15.9. The van der Waals surface area contributed by atoms with Crippen molar-refractivity contribution in [1.82, 2.24) is 0 Å². The maximum atomic E-state index is 10.2. The number of benzene rings is 2. The van der Waals surface area contributed by atoms with Gasteiger partial charge in [-0.15, -0.1) is 0 Å². The van der Waals surface area contributed by atoms with E-state index in [-0.39, 0.29) is 0 Å². The van der Waals surface area contributed by atoms with Gasteiger partial charge in [-0.25, -0.2) is 0 Å². The van der Waals surface area contributed by atoms with Gasteiger partial charge in [0.25, 0.3) is 0 Å². The molecule has 0 aliphatic rings. The van der Waals surface area contributed by atoms with Gasteiger partial charge in [-0.05, 0) is 43.0 Å². The Hall–Kier alpha value is -1.32. The Balaban J connectivity index is 1.91. The third-order valence-electron chi connectivity index (χ3n) is 3.19. The molecule has 2 aromatic rings. The third-order valence-corrected chi connectivity index (χ3v) is 3.69. The minimum atomic E-state index is -0.499. The highest BCUT2D eigenvalue weighted by atomic mass is 79.9. The van der Waals surface area contributed by atoms with Crippen molar-refractivity contribution in [2.24, 2.45) is 0 Å². The van der Waals surface area contributed by atoms with Crippen LogP contribution < -0.4 is 5.73 Å². The van der Waals surface area contributed by atoms with Crippen LogP contribution >= 0.6 is 15.9 Å². The van der Waals surface area contributed by atoms with Crippen LogP contribution in [0.5, 0.6) is 0 Å². The van der Waals surface area contributed by atoms with E-state index in [1.165, 1.54) is 5.56 Å². The molecule has 0 amide bonds. The van der Waals surface area contributed by atoms with Crippen LogP contribution in [0.4, 0.5) is 5.69 Å². The lowest BCUT2D eigenvalue weighted by molar-refractivity contribution is 0.165. The van der Waals surface area contributed by atoms with E-state index in [4.69, 9.17) is 5.73 Å². The minimum Gasteiger partial charge on any atom is -0.398 e.